The largest absolute Gasteiger partial charge is 0.0543 e. The van der Waals surface area contributed by atoms with Crippen LogP contribution in [0.25, 0.3) is 0 Å². The molecule has 29 heavy (non-hydrogen) atoms. The summed E-state index contributed by atoms with van der Waals surface area (Å²) in [6.07, 6.45) is 17.5. The first-order chi connectivity index (χ1) is 13.4. The van der Waals surface area contributed by atoms with E-state index >= 15 is 0 Å². The summed E-state index contributed by atoms with van der Waals surface area (Å²) in [6, 6.07) is 0. The Hall–Kier alpha value is 2.21. The van der Waals surface area contributed by atoms with E-state index < -0.39 is 0 Å². The van der Waals surface area contributed by atoms with Gasteiger partial charge in [0, 0.05) is 16.5 Å². The Morgan fingerprint density at radius 3 is 0.310 bits per heavy atom. The monoisotopic (exact) mass is 534 g/mol. The van der Waals surface area contributed by atoms with Gasteiger partial charge in [0.25, 0.3) is 0 Å². The first kappa shape index (κ1) is 41.5. The van der Waals surface area contributed by atoms with Gasteiger partial charge in [0.05, 0.1) is 73.9 Å². The van der Waals surface area contributed by atoms with Crippen LogP contribution < -0.4 is 0 Å². The van der Waals surface area contributed by atoms with Crippen LogP contribution in [0.3, 0.4) is 0 Å². The standard InChI is InChI=1S/4C6H15P.Ni/c4*1-4-7(5-2)6-3;/h4*4-6H2,1-3H3;/p+4. The smallest absolute Gasteiger partial charge is 0.0313 e. The van der Waals surface area contributed by atoms with Crippen molar-refractivity contribution in [3.05, 3.63) is 0 Å². The van der Waals surface area contributed by atoms with Gasteiger partial charge in [-0.15, -0.1) is 0 Å². The summed E-state index contributed by atoms with van der Waals surface area (Å²) in [7, 11) is 0.549. The molecule has 0 rings (SSSR count). The molecule has 0 saturated carbocycles. The predicted octanol–water partition coefficient (Wildman–Crippen LogP) is 9.04. The summed E-state index contributed by atoms with van der Waals surface area (Å²) in [6.45, 7) is 27.7. The minimum atomic E-state index is 0. The molecule has 0 aromatic rings. The summed E-state index contributed by atoms with van der Waals surface area (Å²) in [5.41, 5.74) is 0. The van der Waals surface area contributed by atoms with E-state index in [9.17, 15) is 0 Å². The van der Waals surface area contributed by atoms with E-state index in [2.05, 4.69) is 83.1 Å². The van der Waals surface area contributed by atoms with Crippen LogP contribution in [0, 0.1) is 0 Å². The van der Waals surface area contributed by atoms with Crippen LogP contribution in [-0.4, -0.2) is 73.9 Å². The second-order valence-electron chi connectivity index (χ2n) is 7.24. The normalized spacial score (nSPS) is 9.93. The number of rotatable bonds is 12. The molecule has 0 fully saturated rings. The Kier molecular flexibility index (Phi) is 53.7. The van der Waals surface area contributed by atoms with Gasteiger partial charge in [-0.2, -0.15) is 0 Å². The van der Waals surface area contributed by atoms with E-state index in [1.54, 1.807) is 0 Å². The van der Waals surface area contributed by atoms with Crippen molar-refractivity contribution in [2.75, 3.05) is 73.9 Å². The molecule has 0 aromatic carbocycles. The van der Waals surface area contributed by atoms with Crippen molar-refractivity contribution >= 4 is 31.7 Å². The van der Waals surface area contributed by atoms with Crippen LogP contribution in [0.5, 0.6) is 0 Å². The third-order valence-corrected chi connectivity index (χ3v) is 18.0. The number of hydrogen-bond acceptors (Lipinski definition) is 0. The van der Waals surface area contributed by atoms with E-state index in [1.807, 2.05) is 0 Å². The van der Waals surface area contributed by atoms with Gasteiger partial charge in [0.1, 0.15) is 0 Å². The zero-order valence-electron chi connectivity index (χ0n) is 22.8. The predicted molar refractivity (Wildman–Crippen MR) is 160 cm³/mol. The van der Waals surface area contributed by atoms with E-state index in [0.717, 1.165) is 0 Å². The summed E-state index contributed by atoms with van der Waals surface area (Å²) >= 11 is 0. The number of hydrogen-bond donors (Lipinski definition) is 0. The first-order valence-corrected chi connectivity index (χ1v) is 21.2. The topological polar surface area (TPSA) is 0 Å². The summed E-state index contributed by atoms with van der Waals surface area (Å²) in [4.78, 5) is 0. The quantitative estimate of drug-likeness (QED) is 0.173. The fourth-order valence-corrected chi connectivity index (χ4v) is 9.00. The molecular formula is C24H64NiP4+4. The molecule has 0 spiro atoms. The van der Waals surface area contributed by atoms with Crippen LogP contribution >= 0.6 is 31.7 Å². The van der Waals surface area contributed by atoms with Gasteiger partial charge in [-0.05, 0) is 115 Å². The van der Waals surface area contributed by atoms with Gasteiger partial charge in [-0.1, -0.05) is 0 Å². The van der Waals surface area contributed by atoms with Crippen LogP contribution in [0.1, 0.15) is 83.1 Å². The maximum Gasteiger partial charge on any atom is 0.0543 e. The Morgan fingerprint density at radius 1 is 0.241 bits per heavy atom. The van der Waals surface area contributed by atoms with Gasteiger partial charge in [-0.3, -0.25) is 0 Å². The Bertz CT molecular complexity index is 157. The molecule has 0 aliphatic heterocycles. The maximum absolute atomic E-state index is 2.31. The van der Waals surface area contributed by atoms with Crippen molar-refractivity contribution in [1.29, 1.82) is 0 Å². The van der Waals surface area contributed by atoms with Crippen LogP contribution in [0.2, 0.25) is 0 Å². The summed E-state index contributed by atoms with van der Waals surface area (Å²) in [5.74, 6) is 0. The fourth-order valence-electron chi connectivity index (χ4n) is 3.00. The third-order valence-electron chi connectivity index (χ3n) is 6.00. The third kappa shape index (κ3) is 35.0. The molecule has 5 heteroatoms. The molecule has 0 atom stereocenters. The Labute approximate surface area is 204 Å². The van der Waals surface area contributed by atoms with Crippen molar-refractivity contribution in [2.24, 2.45) is 0 Å². The Morgan fingerprint density at radius 2 is 0.310 bits per heavy atom. The van der Waals surface area contributed by atoms with Gasteiger partial charge < -0.3 is 0 Å². The molecule has 0 heterocycles. The minimum absolute atomic E-state index is 0. The summed E-state index contributed by atoms with van der Waals surface area (Å²) in [5, 5.41) is 0. The molecule has 0 saturated heterocycles. The molecule has 0 N–H and O–H groups in total. The second-order valence-corrected chi connectivity index (χ2v) is 21.7. The van der Waals surface area contributed by atoms with Crippen molar-refractivity contribution in [3.8, 4) is 0 Å². The average Bonchev–Trinajstić information content (AvgIpc) is 2.75. The molecule has 0 nitrogen and oxygen atoms in total. The summed E-state index contributed by atoms with van der Waals surface area (Å²) < 4.78 is 0. The van der Waals surface area contributed by atoms with Crippen LogP contribution in [0.15, 0.2) is 0 Å². The molecule has 186 valence electrons. The molecule has 0 radical (unpaired) electrons. The van der Waals surface area contributed by atoms with Crippen molar-refractivity contribution in [2.45, 2.75) is 83.1 Å². The second kappa shape index (κ2) is 37.5. The molecule has 0 aromatic heterocycles. The first-order valence-electron chi connectivity index (χ1n) is 12.7. The maximum atomic E-state index is 2.31. The van der Waals surface area contributed by atoms with Gasteiger partial charge in [0.15, 0.2) is 0 Å². The average molecular weight is 535 g/mol. The van der Waals surface area contributed by atoms with Crippen LogP contribution in [-0.2, 0) is 16.5 Å². The van der Waals surface area contributed by atoms with Gasteiger partial charge in [0.2, 0.25) is 0 Å². The van der Waals surface area contributed by atoms with Crippen molar-refractivity contribution in [3.63, 3.8) is 0 Å². The molecule has 0 bridgehead atoms. The van der Waals surface area contributed by atoms with Crippen molar-refractivity contribution in [1.82, 2.24) is 0 Å². The van der Waals surface area contributed by atoms with E-state index in [0.29, 0.717) is 0 Å². The molecular weight excluding hydrogens is 471 g/mol. The SMILES string of the molecule is CC[PH+](CC)CC.CC[PH+](CC)CC.CC[PH+](CC)CC.CC[PH+](CC)CC.[Ni]. The van der Waals surface area contributed by atoms with Crippen LogP contribution in [0.4, 0.5) is 0 Å². The fraction of sp³-hybridized carbons (Fsp3) is 1.00. The van der Waals surface area contributed by atoms with E-state index in [-0.39, 0.29) is 48.2 Å². The molecule has 0 aliphatic rings. The Balaban J connectivity index is -0.0000000873. The zero-order chi connectivity index (χ0) is 22.8. The molecule has 0 amide bonds. The molecule has 0 aliphatic carbocycles. The van der Waals surface area contributed by atoms with E-state index in [1.165, 1.54) is 73.9 Å². The van der Waals surface area contributed by atoms with Gasteiger partial charge >= 0.3 is 0 Å². The minimum Gasteiger partial charge on any atom is -0.0313 e. The van der Waals surface area contributed by atoms with Gasteiger partial charge in [-0.25, -0.2) is 0 Å². The zero-order valence-corrected chi connectivity index (χ0v) is 27.8. The molecule has 0 unspecified atom stereocenters. The van der Waals surface area contributed by atoms with E-state index in [4.69, 9.17) is 0 Å². The van der Waals surface area contributed by atoms with Crippen molar-refractivity contribution < 1.29 is 16.5 Å².